The molecule has 0 radical (unpaired) electrons. The van der Waals surface area contributed by atoms with Gasteiger partial charge in [0, 0.05) is 44.1 Å². The van der Waals surface area contributed by atoms with Crippen LogP contribution in [0.2, 0.25) is 0 Å². The number of aromatic nitrogens is 5. The zero-order chi connectivity index (χ0) is 22.0. The molecule has 162 valence electrons. The Balaban J connectivity index is 1.50. The van der Waals surface area contributed by atoms with Gasteiger partial charge in [0.2, 0.25) is 0 Å². The Kier molecular flexibility index (Phi) is 5.79. The Labute approximate surface area is 180 Å². The molecule has 4 heterocycles. The Morgan fingerprint density at radius 3 is 2.61 bits per heavy atom. The molecule has 0 aliphatic carbocycles. The summed E-state index contributed by atoms with van der Waals surface area (Å²) >= 11 is 0. The fourth-order valence-electron chi connectivity index (χ4n) is 3.52. The lowest BCUT2D eigenvalue weighted by Gasteiger charge is -2.20. The van der Waals surface area contributed by atoms with Crippen molar-refractivity contribution in [3.05, 3.63) is 54.0 Å². The predicted octanol–water partition coefficient (Wildman–Crippen LogP) is 2.65. The van der Waals surface area contributed by atoms with Gasteiger partial charge in [0.25, 0.3) is 5.91 Å². The number of anilines is 1. The first-order valence-corrected chi connectivity index (χ1v) is 10.3. The monoisotopic (exact) mass is 422 g/mol. The van der Waals surface area contributed by atoms with Crippen molar-refractivity contribution in [1.29, 1.82) is 0 Å². The highest BCUT2D eigenvalue weighted by atomic mass is 16.5. The minimum Gasteiger partial charge on any atom is -0.384 e. The highest BCUT2D eigenvalue weighted by molar-refractivity contribution is 6.02. The van der Waals surface area contributed by atoms with Crippen LogP contribution in [0.25, 0.3) is 11.4 Å². The summed E-state index contributed by atoms with van der Waals surface area (Å²) in [6.07, 6.45) is 6.59. The van der Waals surface area contributed by atoms with Crippen molar-refractivity contribution in [2.24, 2.45) is 7.05 Å². The van der Waals surface area contributed by atoms with E-state index in [1.807, 2.05) is 13.1 Å². The van der Waals surface area contributed by atoms with E-state index in [2.05, 4.69) is 25.3 Å². The van der Waals surface area contributed by atoms with Gasteiger partial charge >= 0.3 is 0 Å². The van der Waals surface area contributed by atoms with Crippen molar-refractivity contribution in [2.45, 2.75) is 38.2 Å². The van der Waals surface area contributed by atoms with Crippen LogP contribution in [-0.4, -0.2) is 48.7 Å². The molecule has 0 saturated carbocycles. The number of hydrogen-bond donors (Lipinski definition) is 2. The summed E-state index contributed by atoms with van der Waals surface area (Å²) in [5, 5.41) is 12.9. The molecule has 2 N–H and O–H groups in total. The Hall–Kier alpha value is -3.17. The molecule has 31 heavy (non-hydrogen) atoms. The van der Waals surface area contributed by atoms with Crippen molar-refractivity contribution in [3.63, 3.8) is 0 Å². The number of pyridine rings is 1. The third-order valence-electron chi connectivity index (χ3n) is 5.37. The molecule has 3 aromatic heterocycles. The number of aliphatic hydroxyl groups is 1. The molecule has 0 bridgehead atoms. The van der Waals surface area contributed by atoms with Gasteiger partial charge < -0.3 is 19.7 Å². The second-order valence-electron chi connectivity index (χ2n) is 8.16. The first-order valence-electron chi connectivity index (χ1n) is 10.3. The Morgan fingerprint density at radius 2 is 1.94 bits per heavy atom. The van der Waals surface area contributed by atoms with E-state index in [4.69, 9.17) is 4.74 Å². The second kappa shape index (κ2) is 8.52. The maximum absolute atomic E-state index is 12.8. The van der Waals surface area contributed by atoms with Gasteiger partial charge in [-0.05, 0) is 44.9 Å². The van der Waals surface area contributed by atoms with Crippen molar-refractivity contribution in [2.75, 3.05) is 18.5 Å². The van der Waals surface area contributed by atoms with Crippen LogP contribution in [-0.2, 0) is 17.4 Å². The van der Waals surface area contributed by atoms with Crippen LogP contribution in [0.5, 0.6) is 0 Å². The van der Waals surface area contributed by atoms with E-state index < -0.39 is 5.60 Å². The molecule has 9 heteroatoms. The number of carbonyl (C=O) groups excluding carboxylic acids is 1. The zero-order valence-electron chi connectivity index (χ0n) is 17.9. The maximum atomic E-state index is 12.8. The number of ether oxygens (including phenoxy) is 1. The third kappa shape index (κ3) is 4.62. The van der Waals surface area contributed by atoms with E-state index >= 15 is 0 Å². The molecule has 1 fully saturated rings. The molecule has 0 unspecified atom stereocenters. The molecule has 9 nitrogen and oxygen atoms in total. The molecule has 3 aromatic rings. The summed E-state index contributed by atoms with van der Waals surface area (Å²) in [5.74, 6) is 1.76. The quantitative estimate of drug-likeness (QED) is 0.649. The van der Waals surface area contributed by atoms with E-state index in [0.717, 1.165) is 18.4 Å². The van der Waals surface area contributed by atoms with E-state index in [1.165, 1.54) is 0 Å². The summed E-state index contributed by atoms with van der Waals surface area (Å²) in [7, 11) is 1.81. The van der Waals surface area contributed by atoms with Crippen LogP contribution >= 0.6 is 0 Å². The largest absolute Gasteiger partial charge is 0.384 e. The summed E-state index contributed by atoms with van der Waals surface area (Å²) in [5.41, 5.74) is 0.652. The average Bonchev–Trinajstić information content (AvgIpc) is 3.14. The van der Waals surface area contributed by atoms with E-state index in [-0.39, 0.29) is 11.8 Å². The van der Waals surface area contributed by atoms with Crippen LogP contribution in [0.1, 0.15) is 54.6 Å². The first-order chi connectivity index (χ1) is 14.8. The minimum absolute atomic E-state index is 0.212. The van der Waals surface area contributed by atoms with E-state index in [1.54, 1.807) is 49.1 Å². The molecule has 0 atom stereocenters. The van der Waals surface area contributed by atoms with E-state index in [0.29, 0.717) is 42.1 Å². The third-order valence-corrected chi connectivity index (χ3v) is 5.37. The minimum atomic E-state index is -1.01. The molecule has 4 rings (SSSR count). The Bertz CT molecular complexity index is 1070. The molecule has 1 amide bonds. The SMILES string of the molecule is Cn1c(NC(=O)c2ccnc(C3CCOCC3)n2)cnc1-c1ccc(C(C)(C)O)nc1. The second-order valence-corrected chi connectivity index (χ2v) is 8.16. The summed E-state index contributed by atoms with van der Waals surface area (Å²) < 4.78 is 7.17. The summed E-state index contributed by atoms with van der Waals surface area (Å²) in [4.78, 5) is 30.4. The average molecular weight is 422 g/mol. The van der Waals surface area contributed by atoms with Crippen molar-refractivity contribution in [3.8, 4) is 11.4 Å². The number of amides is 1. The van der Waals surface area contributed by atoms with Crippen LogP contribution in [0.3, 0.4) is 0 Å². The molecular formula is C22H26N6O3. The van der Waals surface area contributed by atoms with Gasteiger partial charge in [0.15, 0.2) is 0 Å². The fraction of sp³-hybridized carbons (Fsp3) is 0.409. The smallest absolute Gasteiger partial charge is 0.275 e. The van der Waals surface area contributed by atoms with Crippen molar-refractivity contribution in [1.82, 2.24) is 24.5 Å². The molecule has 1 aliphatic rings. The maximum Gasteiger partial charge on any atom is 0.275 e. The van der Waals surface area contributed by atoms with Crippen LogP contribution < -0.4 is 5.32 Å². The lowest BCUT2D eigenvalue weighted by atomic mass is 9.99. The molecule has 0 aromatic carbocycles. The Morgan fingerprint density at radius 1 is 1.16 bits per heavy atom. The molecular weight excluding hydrogens is 396 g/mol. The topological polar surface area (TPSA) is 115 Å². The van der Waals surface area contributed by atoms with Gasteiger partial charge in [-0.3, -0.25) is 9.78 Å². The highest BCUT2D eigenvalue weighted by Gasteiger charge is 2.21. The normalized spacial score (nSPS) is 15.1. The number of imidazole rings is 1. The van der Waals surface area contributed by atoms with Crippen molar-refractivity contribution < 1.29 is 14.6 Å². The van der Waals surface area contributed by atoms with Crippen molar-refractivity contribution >= 4 is 11.7 Å². The van der Waals surface area contributed by atoms with E-state index in [9.17, 15) is 9.90 Å². The first kappa shape index (κ1) is 21.1. The van der Waals surface area contributed by atoms with Gasteiger partial charge in [-0.1, -0.05) is 0 Å². The van der Waals surface area contributed by atoms with Gasteiger partial charge in [0.1, 0.15) is 28.8 Å². The predicted molar refractivity (Wildman–Crippen MR) is 114 cm³/mol. The van der Waals surface area contributed by atoms with Gasteiger partial charge in [-0.2, -0.15) is 0 Å². The van der Waals surface area contributed by atoms with Gasteiger partial charge in [-0.25, -0.2) is 15.0 Å². The number of nitrogens with zero attached hydrogens (tertiary/aromatic N) is 5. The fourth-order valence-corrected chi connectivity index (χ4v) is 3.52. The standard InChI is InChI=1S/C22H26N6O3/c1-22(2,30)17-5-4-15(12-24-17)20-25-13-18(28(20)3)27-21(29)16-6-9-23-19(26-16)14-7-10-31-11-8-14/h4-6,9,12-14,30H,7-8,10-11H2,1-3H3,(H,27,29). The number of hydrogen-bond acceptors (Lipinski definition) is 7. The summed E-state index contributed by atoms with van der Waals surface area (Å²) in [6, 6.07) is 5.22. The van der Waals surface area contributed by atoms with Crippen LogP contribution in [0.4, 0.5) is 5.82 Å². The molecule has 1 aliphatic heterocycles. The number of nitrogens with one attached hydrogen (secondary N) is 1. The summed E-state index contributed by atoms with van der Waals surface area (Å²) in [6.45, 7) is 4.75. The molecule has 1 saturated heterocycles. The highest BCUT2D eigenvalue weighted by Crippen LogP contribution is 2.25. The zero-order valence-corrected chi connectivity index (χ0v) is 17.9. The lowest BCUT2D eigenvalue weighted by Crippen LogP contribution is -2.20. The van der Waals surface area contributed by atoms with Crippen LogP contribution in [0, 0.1) is 0 Å². The molecule has 0 spiro atoms. The van der Waals surface area contributed by atoms with Gasteiger partial charge in [-0.15, -0.1) is 0 Å². The lowest BCUT2D eigenvalue weighted by molar-refractivity contribution is 0.0738. The van der Waals surface area contributed by atoms with Gasteiger partial charge in [0.05, 0.1) is 11.9 Å². The van der Waals surface area contributed by atoms with Crippen LogP contribution in [0.15, 0.2) is 36.8 Å². The number of carbonyl (C=O) groups is 1. The number of rotatable bonds is 5.